The molecule has 3 aromatic rings. The van der Waals surface area contributed by atoms with Crippen molar-refractivity contribution < 1.29 is 0 Å². The van der Waals surface area contributed by atoms with E-state index in [1.807, 2.05) is 0 Å². The Morgan fingerprint density at radius 1 is 0.857 bits per heavy atom. The van der Waals surface area contributed by atoms with Crippen LogP contribution in [0, 0.1) is 5.92 Å². The van der Waals surface area contributed by atoms with Crippen LogP contribution < -0.4 is 5.73 Å². The molecule has 1 atom stereocenters. The van der Waals surface area contributed by atoms with E-state index in [0.29, 0.717) is 5.92 Å². The van der Waals surface area contributed by atoms with Crippen LogP contribution in [0.4, 0.5) is 0 Å². The van der Waals surface area contributed by atoms with Gasteiger partial charge in [0.1, 0.15) is 0 Å². The van der Waals surface area contributed by atoms with Gasteiger partial charge in [0.05, 0.1) is 0 Å². The van der Waals surface area contributed by atoms with E-state index in [2.05, 4.69) is 68.4 Å². The summed E-state index contributed by atoms with van der Waals surface area (Å²) in [7, 11) is 0. The molecule has 0 saturated heterocycles. The molecule has 0 spiro atoms. The highest BCUT2D eigenvalue weighted by atomic mass is 35.5. The summed E-state index contributed by atoms with van der Waals surface area (Å²) < 4.78 is 0. The fourth-order valence-electron chi connectivity index (χ4n) is 3.07. The maximum atomic E-state index is 6.53. The Morgan fingerprint density at radius 3 is 1.81 bits per heavy atom. The summed E-state index contributed by atoms with van der Waals surface area (Å²) in [4.78, 5) is 0. The van der Waals surface area contributed by atoms with E-state index in [1.165, 1.54) is 27.1 Å². The SMILES string of the molecule is CC(C)C[C@@H](N)c1c2ccccc2cc2ccccc12.Cl. The average Bonchev–Trinajstić information content (AvgIpc) is 2.43. The van der Waals surface area contributed by atoms with Gasteiger partial charge in [-0.2, -0.15) is 0 Å². The molecule has 0 aromatic heterocycles. The van der Waals surface area contributed by atoms with Crippen molar-refractivity contribution in [3.05, 3.63) is 60.2 Å². The van der Waals surface area contributed by atoms with E-state index >= 15 is 0 Å². The molecule has 110 valence electrons. The third-order valence-corrected chi connectivity index (χ3v) is 3.91. The minimum atomic E-state index is 0. The van der Waals surface area contributed by atoms with Crippen molar-refractivity contribution in [2.24, 2.45) is 11.7 Å². The molecule has 0 heterocycles. The summed E-state index contributed by atoms with van der Waals surface area (Å²) in [5.74, 6) is 0.600. The number of benzene rings is 3. The highest BCUT2D eigenvalue weighted by molar-refractivity contribution is 6.02. The third-order valence-electron chi connectivity index (χ3n) is 3.91. The van der Waals surface area contributed by atoms with Gasteiger partial charge < -0.3 is 5.73 Å². The topological polar surface area (TPSA) is 26.0 Å². The first kappa shape index (κ1) is 15.8. The predicted molar refractivity (Wildman–Crippen MR) is 95.1 cm³/mol. The van der Waals surface area contributed by atoms with Crippen LogP contribution in [0.1, 0.15) is 31.9 Å². The smallest absolute Gasteiger partial charge is 0.0309 e. The molecular formula is C19H22ClN. The normalized spacial score (nSPS) is 12.6. The molecule has 21 heavy (non-hydrogen) atoms. The number of fused-ring (bicyclic) bond motifs is 2. The van der Waals surface area contributed by atoms with Crippen molar-refractivity contribution >= 4 is 34.0 Å². The molecule has 0 saturated carbocycles. The van der Waals surface area contributed by atoms with E-state index in [9.17, 15) is 0 Å². The van der Waals surface area contributed by atoms with Crippen LogP contribution in [0.15, 0.2) is 54.6 Å². The van der Waals surface area contributed by atoms with Crippen LogP contribution in [0.5, 0.6) is 0 Å². The zero-order valence-corrected chi connectivity index (χ0v) is 13.4. The lowest BCUT2D eigenvalue weighted by Crippen LogP contribution is -2.14. The Balaban J connectivity index is 0.00000161. The van der Waals surface area contributed by atoms with Gasteiger partial charge in [0.15, 0.2) is 0 Å². The molecule has 1 nitrogen and oxygen atoms in total. The molecular weight excluding hydrogens is 278 g/mol. The van der Waals surface area contributed by atoms with Gasteiger partial charge in [-0.25, -0.2) is 0 Å². The zero-order chi connectivity index (χ0) is 14.1. The number of hydrogen-bond donors (Lipinski definition) is 1. The van der Waals surface area contributed by atoms with Gasteiger partial charge in [-0.3, -0.25) is 0 Å². The minimum Gasteiger partial charge on any atom is -0.324 e. The van der Waals surface area contributed by atoms with Crippen LogP contribution in [-0.2, 0) is 0 Å². The summed E-state index contributed by atoms with van der Waals surface area (Å²) in [6.45, 7) is 4.46. The Hall–Kier alpha value is -1.57. The van der Waals surface area contributed by atoms with E-state index < -0.39 is 0 Å². The summed E-state index contributed by atoms with van der Waals surface area (Å²) in [5, 5.41) is 5.14. The highest BCUT2D eigenvalue weighted by Crippen LogP contribution is 2.34. The lowest BCUT2D eigenvalue weighted by molar-refractivity contribution is 0.514. The van der Waals surface area contributed by atoms with Crippen molar-refractivity contribution in [1.82, 2.24) is 0 Å². The van der Waals surface area contributed by atoms with Gasteiger partial charge in [-0.15, -0.1) is 12.4 Å². The number of rotatable bonds is 3. The minimum absolute atomic E-state index is 0. The van der Waals surface area contributed by atoms with Crippen LogP contribution in [-0.4, -0.2) is 0 Å². The zero-order valence-electron chi connectivity index (χ0n) is 12.5. The summed E-state index contributed by atoms with van der Waals surface area (Å²) in [6, 6.07) is 19.5. The molecule has 0 aliphatic carbocycles. The fraction of sp³-hybridized carbons (Fsp3) is 0.263. The fourth-order valence-corrected chi connectivity index (χ4v) is 3.07. The molecule has 0 amide bonds. The molecule has 2 N–H and O–H groups in total. The molecule has 2 heteroatoms. The standard InChI is InChI=1S/C19H21N.ClH/c1-13(2)11-18(20)19-16-9-5-3-7-14(16)12-15-8-4-6-10-17(15)19;/h3-10,12-13,18H,11,20H2,1-2H3;1H/t18-;/m1./s1. The molecule has 0 radical (unpaired) electrons. The summed E-state index contributed by atoms with van der Waals surface area (Å²) in [5.41, 5.74) is 7.83. The molecule has 3 rings (SSSR count). The molecule has 0 aliphatic rings. The first-order valence-corrected chi connectivity index (χ1v) is 7.33. The number of halogens is 1. The number of hydrogen-bond acceptors (Lipinski definition) is 1. The Labute approximate surface area is 132 Å². The first-order valence-electron chi connectivity index (χ1n) is 7.33. The van der Waals surface area contributed by atoms with Gasteiger partial charge in [0.2, 0.25) is 0 Å². The summed E-state index contributed by atoms with van der Waals surface area (Å²) >= 11 is 0. The summed E-state index contributed by atoms with van der Waals surface area (Å²) in [6.07, 6.45) is 1.01. The van der Waals surface area contributed by atoms with Crippen molar-refractivity contribution in [3.63, 3.8) is 0 Å². The van der Waals surface area contributed by atoms with Gasteiger partial charge in [-0.1, -0.05) is 62.4 Å². The van der Waals surface area contributed by atoms with Crippen molar-refractivity contribution in [2.75, 3.05) is 0 Å². The quantitative estimate of drug-likeness (QED) is 0.638. The van der Waals surface area contributed by atoms with Crippen LogP contribution in [0.25, 0.3) is 21.5 Å². The maximum absolute atomic E-state index is 6.53. The van der Waals surface area contributed by atoms with Crippen molar-refractivity contribution in [1.29, 1.82) is 0 Å². The van der Waals surface area contributed by atoms with E-state index in [-0.39, 0.29) is 18.4 Å². The molecule has 0 aliphatic heterocycles. The second kappa shape index (κ2) is 6.46. The first-order chi connectivity index (χ1) is 9.66. The van der Waals surface area contributed by atoms with E-state index in [4.69, 9.17) is 5.73 Å². The monoisotopic (exact) mass is 299 g/mol. The Bertz CT molecular complexity index is 695. The largest absolute Gasteiger partial charge is 0.324 e. The van der Waals surface area contributed by atoms with E-state index in [0.717, 1.165) is 6.42 Å². The Morgan fingerprint density at radius 2 is 1.33 bits per heavy atom. The van der Waals surface area contributed by atoms with Gasteiger partial charge in [0, 0.05) is 6.04 Å². The van der Waals surface area contributed by atoms with Crippen molar-refractivity contribution in [3.8, 4) is 0 Å². The maximum Gasteiger partial charge on any atom is 0.0309 e. The molecule has 0 fully saturated rings. The average molecular weight is 300 g/mol. The second-order valence-electron chi connectivity index (χ2n) is 5.97. The van der Waals surface area contributed by atoms with Crippen LogP contribution >= 0.6 is 12.4 Å². The van der Waals surface area contributed by atoms with E-state index in [1.54, 1.807) is 0 Å². The van der Waals surface area contributed by atoms with Gasteiger partial charge in [-0.05, 0) is 45.5 Å². The Kier molecular flexibility index (Phi) is 4.87. The van der Waals surface area contributed by atoms with Gasteiger partial charge >= 0.3 is 0 Å². The van der Waals surface area contributed by atoms with Crippen LogP contribution in [0.3, 0.4) is 0 Å². The lowest BCUT2D eigenvalue weighted by atomic mass is 9.89. The lowest BCUT2D eigenvalue weighted by Gasteiger charge is -2.19. The molecule has 0 unspecified atom stereocenters. The molecule has 0 bridgehead atoms. The third kappa shape index (κ3) is 3.04. The van der Waals surface area contributed by atoms with Crippen molar-refractivity contribution in [2.45, 2.75) is 26.3 Å². The second-order valence-corrected chi connectivity index (χ2v) is 5.97. The predicted octanol–water partition coefficient (Wildman–Crippen LogP) is 5.46. The van der Waals surface area contributed by atoms with Crippen LogP contribution in [0.2, 0.25) is 0 Å². The highest BCUT2D eigenvalue weighted by Gasteiger charge is 2.15. The van der Waals surface area contributed by atoms with Gasteiger partial charge in [0.25, 0.3) is 0 Å². The number of nitrogens with two attached hydrogens (primary N) is 1. The molecule has 3 aromatic carbocycles.